The van der Waals surface area contributed by atoms with Crippen LogP contribution in [-0.4, -0.2) is 70.6 Å². The topological polar surface area (TPSA) is 96.4 Å². The van der Waals surface area contributed by atoms with Gasteiger partial charge in [-0.15, -0.1) is 0 Å². The van der Waals surface area contributed by atoms with Crippen molar-refractivity contribution in [1.82, 2.24) is 19.8 Å². The molecule has 8 nitrogen and oxygen atoms in total. The summed E-state index contributed by atoms with van der Waals surface area (Å²) in [6, 6.07) is 0.379. The molecule has 2 aliphatic rings. The van der Waals surface area contributed by atoms with Crippen LogP contribution in [0.1, 0.15) is 48.9 Å². The first-order valence-corrected chi connectivity index (χ1v) is 8.78. The summed E-state index contributed by atoms with van der Waals surface area (Å²) in [5, 5.41) is 7.55. The summed E-state index contributed by atoms with van der Waals surface area (Å²) in [5.74, 6) is 6.81. The van der Waals surface area contributed by atoms with E-state index in [1.165, 1.54) is 4.90 Å². The van der Waals surface area contributed by atoms with Gasteiger partial charge < -0.3 is 14.8 Å². The normalized spacial score (nSPS) is 15.7. The molecular weight excluding hydrogens is 332 g/mol. The van der Waals surface area contributed by atoms with Gasteiger partial charge in [-0.2, -0.15) is 0 Å². The molecule has 26 heavy (non-hydrogen) atoms. The highest BCUT2D eigenvalue weighted by molar-refractivity contribution is 5.99. The molecule has 8 heteroatoms. The average Bonchev–Trinajstić information content (AvgIpc) is 3.52. The molecule has 0 aromatic carbocycles. The lowest BCUT2D eigenvalue weighted by Gasteiger charge is -2.19. The molecule has 2 amide bonds. The monoisotopic (exact) mass is 356 g/mol. The Morgan fingerprint density at radius 2 is 1.96 bits per heavy atom. The SMILES string of the molecule is CC(=N)N(C)CC#Cc1nc(N(C=O)C2CC2)c(C(=O)N(C)C2CC2)[nH]1. The highest BCUT2D eigenvalue weighted by atomic mass is 16.2. The maximum absolute atomic E-state index is 12.8. The quantitative estimate of drug-likeness (QED) is 0.345. The zero-order valence-corrected chi connectivity index (χ0v) is 15.4. The van der Waals surface area contributed by atoms with Crippen LogP contribution in [0.25, 0.3) is 0 Å². The number of anilines is 1. The molecule has 1 aromatic heterocycles. The number of carbonyl (C=O) groups excluding carboxylic acids is 2. The second kappa shape index (κ2) is 7.20. The highest BCUT2D eigenvalue weighted by Crippen LogP contribution is 2.33. The molecular formula is C18H24N6O2. The summed E-state index contributed by atoms with van der Waals surface area (Å²) in [6.45, 7) is 2.07. The third-order valence-electron chi connectivity index (χ3n) is 4.71. The minimum atomic E-state index is -0.164. The third kappa shape index (κ3) is 3.87. The number of imidazole rings is 1. The van der Waals surface area contributed by atoms with Crippen molar-refractivity contribution in [1.29, 1.82) is 5.41 Å². The van der Waals surface area contributed by atoms with E-state index in [0.717, 1.165) is 32.1 Å². The van der Waals surface area contributed by atoms with Crippen molar-refractivity contribution < 1.29 is 9.59 Å². The Hall–Kier alpha value is -2.82. The first-order chi connectivity index (χ1) is 12.4. The Balaban J connectivity index is 1.87. The molecule has 0 unspecified atom stereocenters. The van der Waals surface area contributed by atoms with Crippen LogP contribution in [0.15, 0.2) is 0 Å². The predicted molar refractivity (Wildman–Crippen MR) is 98.2 cm³/mol. The van der Waals surface area contributed by atoms with Gasteiger partial charge in [0.15, 0.2) is 11.6 Å². The van der Waals surface area contributed by atoms with E-state index in [1.807, 2.05) is 0 Å². The number of hydrogen-bond acceptors (Lipinski definition) is 4. The van der Waals surface area contributed by atoms with Gasteiger partial charge in [0.25, 0.3) is 5.91 Å². The number of carbonyl (C=O) groups is 2. The van der Waals surface area contributed by atoms with Crippen molar-refractivity contribution in [3.63, 3.8) is 0 Å². The van der Waals surface area contributed by atoms with Crippen LogP contribution in [0, 0.1) is 17.3 Å². The van der Waals surface area contributed by atoms with E-state index < -0.39 is 0 Å². The Kier molecular flexibility index (Phi) is 4.98. The zero-order valence-electron chi connectivity index (χ0n) is 15.4. The van der Waals surface area contributed by atoms with Gasteiger partial charge in [0.1, 0.15) is 5.69 Å². The van der Waals surface area contributed by atoms with Gasteiger partial charge in [0.05, 0.1) is 12.4 Å². The number of aromatic nitrogens is 2. The molecule has 1 aromatic rings. The van der Waals surface area contributed by atoms with Crippen LogP contribution in [0.2, 0.25) is 0 Å². The van der Waals surface area contributed by atoms with Gasteiger partial charge in [-0.05, 0) is 38.5 Å². The largest absolute Gasteiger partial charge is 0.353 e. The molecule has 3 rings (SSSR count). The van der Waals surface area contributed by atoms with E-state index in [4.69, 9.17) is 5.41 Å². The maximum atomic E-state index is 12.8. The molecule has 0 spiro atoms. The Morgan fingerprint density at radius 3 is 2.50 bits per heavy atom. The summed E-state index contributed by atoms with van der Waals surface area (Å²) in [7, 11) is 3.56. The van der Waals surface area contributed by atoms with Crippen molar-refractivity contribution in [3.05, 3.63) is 11.5 Å². The van der Waals surface area contributed by atoms with Gasteiger partial charge in [0.2, 0.25) is 6.41 Å². The smallest absolute Gasteiger partial charge is 0.274 e. The molecule has 0 bridgehead atoms. The lowest BCUT2D eigenvalue weighted by molar-refractivity contribution is -0.107. The van der Waals surface area contributed by atoms with Gasteiger partial charge in [0, 0.05) is 26.2 Å². The molecule has 2 aliphatic carbocycles. The fourth-order valence-electron chi connectivity index (χ4n) is 2.59. The van der Waals surface area contributed by atoms with Crippen LogP contribution in [0.3, 0.4) is 0 Å². The number of aromatic amines is 1. The minimum absolute atomic E-state index is 0.112. The molecule has 2 fully saturated rings. The van der Waals surface area contributed by atoms with Gasteiger partial charge in [-0.1, -0.05) is 5.92 Å². The van der Waals surface area contributed by atoms with E-state index >= 15 is 0 Å². The van der Waals surface area contributed by atoms with Crippen molar-refractivity contribution >= 4 is 24.0 Å². The number of amides is 2. The fraction of sp³-hybridized carbons (Fsp3) is 0.556. The number of amidine groups is 1. The van der Waals surface area contributed by atoms with Gasteiger partial charge >= 0.3 is 0 Å². The van der Waals surface area contributed by atoms with Crippen molar-refractivity contribution in [2.45, 2.75) is 44.7 Å². The van der Waals surface area contributed by atoms with Crippen molar-refractivity contribution in [3.8, 4) is 11.8 Å². The molecule has 1 heterocycles. The van der Waals surface area contributed by atoms with Crippen LogP contribution in [-0.2, 0) is 4.79 Å². The molecule has 2 saturated carbocycles. The van der Waals surface area contributed by atoms with E-state index in [-0.39, 0.29) is 18.0 Å². The van der Waals surface area contributed by atoms with Crippen molar-refractivity contribution in [2.24, 2.45) is 0 Å². The minimum Gasteiger partial charge on any atom is -0.353 e. The number of nitrogens with one attached hydrogen (secondary N) is 2. The van der Waals surface area contributed by atoms with E-state index in [9.17, 15) is 9.59 Å². The summed E-state index contributed by atoms with van der Waals surface area (Å²) < 4.78 is 0. The Labute approximate surface area is 153 Å². The summed E-state index contributed by atoms with van der Waals surface area (Å²) in [6.07, 6.45) is 4.59. The standard InChI is InChI=1S/C18H24N6O2/c1-12(19)22(2)10-4-5-15-20-16(18(26)23(3)13-6-7-13)17(21-15)24(11-25)14-8-9-14/h11,13-14,19H,6-10H2,1-3H3,(H,20,21). The second-order valence-electron chi connectivity index (χ2n) is 6.92. The van der Waals surface area contributed by atoms with Gasteiger partial charge in [-0.25, -0.2) is 4.98 Å². The van der Waals surface area contributed by atoms with Crippen molar-refractivity contribution in [2.75, 3.05) is 25.5 Å². The first-order valence-electron chi connectivity index (χ1n) is 8.78. The summed E-state index contributed by atoms with van der Waals surface area (Å²) in [5.41, 5.74) is 0.319. The number of H-pyrrole nitrogens is 1. The van der Waals surface area contributed by atoms with Crippen LogP contribution >= 0.6 is 0 Å². The molecule has 0 aliphatic heterocycles. The highest BCUT2D eigenvalue weighted by Gasteiger charge is 2.37. The van der Waals surface area contributed by atoms with E-state index in [1.54, 1.807) is 30.8 Å². The van der Waals surface area contributed by atoms with Crippen LogP contribution in [0.4, 0.5) is 5.82 Å². The molecule has 0 saturated heterocycles. The van der Waals surface area contributed by atoms with Crippen LogP contribution in [0.5, 0.6) is 0 Å². The second-order valence-corrected chi connectivity index (χ2v) is 6.92. The lowest BCUT2D eigenvalue weighted by atomic mass is 10.3. The molecule has 0 radical (unpaired) electrons. The summed E-state index contributed by atoms with van der Waals surface area (Å²) in [4.78, 5) is 36.7. The number of rotatable bonds is 6. The number of hydrogen-bond donors (Lipinski definition) is 2. The Morgan fingerprint density at radius 1 is 1.31 bits per heavy atom. The molecule has 0 atom stereocenters. The van der Waals surface area contributed by atoms with Gasteiger partial charge in [-0.3, -0.25) is 19.9 Å². The summed E-state index contributed by atoms with van der Waals surface area (Å²) >= 11 is 0. The zero-order chi connectivity index (χ0) is 18.8. The maximum Gasteiger partial charge on any atom is 0.274 e. The van der Waals surface area contributed by atoms with Crippen LogP contribution < -0.4 is 4.90 Å². The molecule has 138 valence electrons. The Bertz CT molecular complexity index is 781. The third-order valence-corrected chi connectivity index (χ3v) is 4.71. The molecule has 2 N–H and O–H groups in total. The fourth-order valence-corrected chi connectivity index (χ4v) is 2.59. The van der Waals surface area contributed by atoms with E-state index in [0.29, 0.717) is 29.7 Å². The van der Waals surface area contributed by atoms with E-state index in [2.05, 4.69) is 21.8 Å². The first kappa shape index (κ1) is 18.0. The number of nitrogens with zero attached hydrogens (tertiary/aromatic N) is 4. The predicted octanol–water partition coefficient (Wildman–Crippen LogP) is 1.05. The lowest BCUT2D eigenvalue weighted by Crippen LogP contribution is -2.32. The average molecular weight is 356 g/mol.